The van der Waals surface area contributed by atoms with Crippen LogP contribution in [0.25, 0.3) is 11.0 Å². The van der Waals surface area contributed by atoms with Crippen molar-refractivity contribution in [3.63, 3.8) is 0 Å². The van der Waals surface area contributed by atoms with Crippen LogP contribution in [0.5, 0.6) is 0 Å². The maximum absolute atomic E-state index is 11.7. The highest BCUT2D eigenvalue weighted by molar-refractivity contribution is 6.29. The Labute approximate surface area is 201 Å². The van der Waals surface area contributed by atoms with Crippen LogP contribution >= 0.6 is 11.6 Å². The number of morpholine rings is 1. The smallest absolute Gasteiger partial charge is 0.356 e. The number of pyridine rings is 1. The van der Waals surface area contributed by atoms with Crippen LogP contribution in [-0.4, -0.2) is 51.3 Å². The van der Waals surface area contributed by atoms with Crippen molar-refractivity contribution in [1.82, 2.24) is 15.0 Å². The number of hydrogen-bond donors (Lipinski definition) is 2. The molecule has 1 atom stereocenters. The predicted octanol–water partition coefficient (Wildman–Crippen LogP) is 4.10. The summed E-state index contributed by atoms with van der Waals surface area (Å²) in [5.74, 6) is -0.616. The highest BCUT2D eigenvalue weighted by atomic mass is 35.5. The van der Waals surface area contributed by atoms with E-state index in [4.69, 9.17) is 21.3 Å². The van der Waals surface area contributed by atoms with Crippen LogP contribution in [0, 0.1) is 18.3 Å². The van der Waals surface area contributed by atoms with E-state index in [0.717, 1.165) is 24.0 Å². The number of fused-ring (bicyclic) bond motifs is 1. The quantitative estimate of drug-likeness (QED) is 0.521. The third kappa shape index (κ3) is 4.11. The lowest BCUT2D eigenvalue weighted by Gasteiger charge is -2.34. The monoisotopic (exact) mass is 478 g/mol. The Balaban J connectivity index is 1.57. The lowest BCUT2D eigenvalue weighted by Crippen LogP contribution is -2.44. The Morgan fingerprint density at radius 2 is 2.12 bits per heavy atom. The topological polar surface area (TPSA) is 124 Å². The third-order valence-corrected chi connectivity index (χ3v) is 6.50. The van der Waals surface area contributed by atoms with E-state index in [9.17, 15) is 15.2 Å². The standard InChI is InChI=1S/C24H23ClN6O3/c1-13-9-15(14(2)27-16-3-4-19(25)29-21(16)23(32)33)20-17(10-13)28-18(11-26)22(30-20)31-7-8-34-24(12-31)5-6-24/h3-4,9-10,14,27H,5-8,12H2,1-2H3,(H,32,33)/t14-/m1/s1. The number of hydrogen-bond acceptors (Lipinski definition) is 8. The molecular formula is C24H23ClN6O3. The molecule has 3 heterocycles. The molecule has 2 aromatic heterocycles. The van der Waals surface area contributed by atoms with E-state index in [1.807, 2.05) is 26.0 Å². The summed E-state index contributed by atoms with van der Waals surface area (Å²) in [6, 6.07) is 8.92. The maximum atomic E-state index is 11.7. The number of anilines is 2. The minimum atomic E-state index is -1.17. The molecule has 0 amide bonds. The van der Waals surface area contributed by atoms with E-state index in [-0.39, 0.29) is 28.2 Å². The fraction of sp³-hybridized carbons (Fsp3) is 0.375. The van der Waals surface area contributed by atoms with Crippen molar-refractivity contribution >= 4 is 40.1 Å². The first-order valence-corrected chi connectivity index (χ1v) is 11.4. The summed E-state index contributed by atoms with van der Waals surface area (Å²) in [6.07, 6.45) is 2.03. The van der Waals surface area contributed by atoms with Crippen molar-refractivity contribution in [3.8, 4) is 6.07 Å². The first-order chi connectivity index (χ1) is 16.3. The largest absolute Gasteiger partial charge is 0.476 e. The Bertz CT molecular complexity index is 1350. The Morgan fingerprint density at radius 3 is 2.82 bits per heavy atom. The van der Waals surface area contributed by atoms with E-state index < -0.39 is 5.97 Å². The highest BCUT2D eigenvalue weighted by Gasteiger charge is 2.48. The number of ether oxygens (including phenoxy) is 1. The summed E-state index contributed by atoms with van der Waals surface area (Å²) in [6.45, 7) is 5.79. The first-order valence-electron chi connectivity index (χ1n) is 11.1. The number of carboxylic acids is 1. The molecule has 1 aromatic carbocycles. The lowest BCUT2D eigenvalue weighted by atomic mass is 10.0. The van der Waals surface area contributed by atoms with E-state index in [1.165, 1.54) is 0 Å². The van der Waals surface area contributed by atoms with Crippen LogP contribution in [0.2, 0.25) is 5.15 Å². The molecule has 1 saturated heterocycles. The van der Waals surface area contributed by atoms with Crippen LogP contribution in [-0.2, 0) is 4.74 Å². The van der Waals surface area contributed by atoms with Crippen molar-refractivity contribution in [2.75, 3.05) is 29.9 Å². The molecule has 10 heteroatoms. The van der Waals surface area contributed by atoms with Crippen molar-refractivity contribution in [2.45, 2.75) is 38.3 Å². The van der Waals surface area contributed by atoms with Gasteiger partial charge in [0.15, 0.2) is 17.2 Å². The SMILES string of the molecule is Cc1cc([C@@H](C)Nc2ccc(Cl)nc2C(=O)O)c2nc(N3CCOC4(CC4)C3)c(C#N)nc2c1. The van der Waals surface area contributed by atoms with Gasteiger partial charge in [0.2, 0.25) is 0 Å². The second-order valence-electron chi connectivity index (χ2n) is 8.88. The minimum absolute atomic E-state index is 0.107. The van der Waals surface area contributed by atoms with Crippen LogP contribution in [0.3, 0.4) is 0 Å². The van der Waals surface area contributed by atoms with Gasteiger partial charge in [0, 0.05) is 18.7 Å². The number of carbonyl (C=O) groups is 1. The number of nitrogens with one attached hydrogen (secondary N) is 1. The highest BCUT2D eigenvalue weighted by Crippen LogP contribution is 2.43. The van der Waals surface area contributed by atoms with Gasteiger partial charge in [-0.05, 0) is 50.5 Å². The normalized spacial score (nSPS) is 17.4. The Kier molecular flexibility index (Phi) is 5.50. The van der Waals surface area contributed by atoms with Gasteiger partial charge in [-0.15, -0.1) is 0 Å². The van der Waals surface area contributed by atoms with Gasteiger partial charge in [0.05, 0.1) is 35.0 Å². The van der Waals surface area contributed by atoms with Crippen molar-refractivity contribution < 1.29 is 14.6 Å². The third-order valence-electron chi connectivity index (χ3n) is 6.29. The zero-order chi connectivity index (χ0) is 24.0. The molecule has 9 nitrogen and oxygen atoms in total. The van der Waals surface area contributed by atoms with Crippen LogP contribution in [0.15, 0.2) is 24.3 Å². The molecule has 0 unspecified atom stereocenters. The lowest BCUT2D eigenvalue weighted by molar-refractivity contribution is 0.0203. The number of aromatic carboxylic acids is 1. The van der Waals surface area contributed by atoms with Gasteiger partial charge in [-0.1, -0.05) is 17.7 Å². The number of carboxylic acid groups (broad SMARTS) is 1. The van der Waals surface area contributed by atoms with Gasteiger partial charge in [-0.3, -0.25) is 0 Å². The van der Waals surface area contributed by atoms with Crippen molar-refractivity contribution in [1.29, 1.82) is 5.26 Å². The van der Waals surface area contributed by atoms with Crippen molar-refractivity contribution in [2.24, 2.45) is 0 Å². The van der Waals surface area contributed by atoms with Gasteiger partial charge in [-0.25, -0.2) is 19.7 Å². The summed E-state index contributed by atoms with van der Waals surface area (Å²) in [5, 5.41) is 22.7. The summed E-state index contributed by atoms with van der Waals surface area (Å²) >= 11 is 5.90. The first kappa shape index (κ1) is 22.3. The van der Waals surface area contributed by atoms with Gasteiger partial charge < -0.3 is 20.1 Å². The minimum Gasteiger partial charge on any atom is -0.476 e. The number of halogens is 1. The summed E-state index contributed by atoms with van der Waals surface area (Å²) in [7, 11) is 0. The zero-order valence-electron chi connectivity index (χ0n) is 18.8. The molecule has 174 valence electrons. The number of nitriles is 1. The predicted molar refractivity (Wildman–Crippen MR) is 127 cm³/mol. The Hall–Kier alpha value is -3.48. The molecule has 34 heavy (non-hydrogen) atoms. The second-order valence-corrected chi connectivity index (χ2v) is 9.27. The number of nitrogens with zero attached hydrogens (tertiary/aromatic N) is 5. The van der Waals surface area contributed by atoms with Crippen LogP contribution < -0.4 is 10.2 Å². The molecule has 1 saturated carbocycles. The molecule has 2 N–H and O–H groups in total. The molecular weight excluding hydrogens is 456 g/mol. The van der Waals surface area contributed by atoms with Crippen LogP contribution in [0.1, 0.15) is 53.1 Å². The maximum Gasteiger partial charge on any atom is 0.356 e. The van der Waals surface area contributed by atoms with Gasteiger partial charge in [0.25, 0.3) is 0 Å². The molecule has 0 radical (unpaired) electrons. The van der Waals surface area contributed by atoms with Crippen LogP contribution in [0.4, 0.5) is 11.5 Å². The molecule has 3 aromatic rings. The average molecular weight is 479 g/mol. The summed E-state index contributed by atoms with van der Waals surface area (Å²) < 4.78 is 5.93. The molecule has 5 rings (SSSR count). The van der Waals surface area contributed by atoms with Gasteiger partial charge >= 0.3 is 5.97 Å². The molecule has 1 aliphatic carbocycles. The van der Waals surface area contributed by atoms with Gasteiger partial charge in [0.1, 0.15) is 11.2 Å². The molecule has 0 bridgehead atoms. The molecule has 1 spiro atoms. The van der Waals surface area contributed by atoms with E-state index in [1.54, 1.807) is 12.1 Å². The fourth-order valence-electron chi connectivity index (χ4n) is 4.44. The number of benzene rings is 1. The molecule has 1 aliphatic heterocycles. The summed E-state index contributed by atoms with van der Waals surface area (Å²) in [5.41, 5.74) is 3.44. The van der Waals surface area contributed by atoms with Crippen molar-refractivity contribution in [3.05, 3.63) is 51.9 Å². The number of aryl methyl sites for hydroxylation is 1. The Morgan fingerprint density at radius 1 is 1.32 bits per heavy atom. The van der Waals surface area contributed by atoms with E-state index >= 15 is 0 Å². The van der Waals surface area contributed by atoms with E-state index in [0.29, 0.717) is 42.2 Å². The number of aromatic nitrogens is 3. The fourth-order valence-corrected chi connectivity index (χ4v) is 4.59. The second kappa shape index (κ2) is 8.38. The average Bonchev–Trinajstić information content (AvgIpc) is 3.56. The zero-order valence-corrected chi connectivity index (χ0v) is 19.6. The van der Waals surface area contributed by atoms with Gasteiger partial charge in [-0.2, -0.15) is 5.26 Å². The summed E-state index contributed by atoms with van der Waals surface area (Å²) in [4.78, 5) is 27.3. The molecule has 2 aliphatic rings. The number of rotatable bonds is 5. The molecule has 2 fully saturated rings. The van der Waals surface area contributed by atoms with E-state index in [2.05, 4.69) is 26.3 Å².